The predicted octanol–water partition coefficient (Wildman–Crippen LogP) is 2.97. The largest absolute Gasteiger partial charge is 0.467 e. The van der Waals surface area contributed by atoms with Crippen LogP contribution in [0.5, 0.6) is 5.75 Å². The Balaban J connectivity index is 1.94. The van der Waals surface area contributed by atoms with E-state index in [1.165, 1.54) is 12.1 Å². The van der Waals surface area contributed by atoms with Gasteiger partial charge in [0.15, 0.2) is 6.79 Å². The maximum atomic E-state index is 13.1. The zero-order valence-electron chi connectivity index (χ0n) is 14.6. The van der Waals surface area contributed by atoms with Gasteiger partial charge < -0.3 is 24.8 Å². The summed E-state index contributed by atoms with van der Waals surface area (Å²) in [5.41, 5.74) is 2.31. The van der Waals surface area contributed by atoms with Gasteiger partial charge >= 0.3 is 0 Å². The van der Waals surface area contributed by atoms with Crippen LogP contribution >= 0.6 is 11.6 Å². The van der Waals surface area contributed by atoms with Crippen molar-refractivity contribution in [1.29, 1.82) is 0 Å². The molecule has 1 saturated heterocycles. The van der Waals surface area contributed by atoms with Crippen LogP contribution < -0.4 is 4.74 Å². The first-order valence-corrected chi connectivity index (χ1v) is 9.12. The Morgan fingerprint density at radius 1 is 1.15 bits per heavy atom. The fraction of sp³-hybridized carbons (Fsp3) is 0.400. The van der Waals surface area contributed by atoms with Crippen LogP contribution in [0.25, 0.3) is 0 Å². The molecule has 7 heteroatoms. The lowest BCUT2D eigenvalue weighted by atomic mass is 9.93. The third-order valence-corrected chi connectivity index (χ3v) is 4.99. The molecule has 0 radical (unpaired) electrons. The van der Waals surface area contributed by atoms with Crippen LogP contribution in [-0.2, 0) is 11.2 Å². The van der Waals surface area contributed by atoms with Gasteiger partial charge in [0, 0.05) is 23.4 Å². The molecule has 27 heavy (non-hydrogen) atoms. The van der Waals surface area contributed by atoms with Crippen molar-refractivity contribution in [2.75, 3.05) is 13.4 Å². The van der Waals surface area contributed by atoms with E-state index in [9.17, 15) is 19.7 Å². The van der Waals surface area contributed by atoms with Crippen molar-refractivity contribution in [1.82, 2.24) is 0 Å². The van der Waals surface area contributed by atoms with E-state index in [1.807, 2.05) is 6.07 Å². The standard InChI is InChI=1S/C20H22ClFO5/c21-18-9-19(26-11-24)17(20-8-15(25)7-16(10-23)27-20)6-13(18)5-12-1-3-14(22)4-2-12/h1-4,6,9,15-16,20,23-25H,5,7-8,10-11H2. The summed E-state index contributed by atoms with van der Waals surface area (Å²) < 4.78 is 24.3. The second-order valence-electron chi connectivity index (χ2n) is 6.61. The summed E-state index contributed by atoms with van der Waals surface area (Å²) in [5, 5.41) is 29.1. The molecule has 0 amide bonds. The molecule has 3 rings (SSSR count). The Labute approximate surface area is 161 Å². The highest BCUT2D eigenvalue weighted by atomic mass is 35.5. The number of aliphatic hydroxyl groups excluding tert-OH is 3. The second-order valence-corrected chi connectivity index (χ2v) is 7.02. The van der Waals surface area contributed by atoms with E-state index in [1.54, 1.807) is 18.2 Å². The number of hydrogen-bond acceptors (Lipinski definition) is 5. The predicted molar refractivity (Wildman–Crippen MR) is 98.3 cm³/mol. The Kier molecular flexibility index (Phi) is 6.68. The lowest BCUT2D eigenvalue weighted by Gasteiger charge is -2.33. The first-order valence-electron chi connectivity index (χ1n) is 8.75. The molecule has 2 aromatic carbocycles. The molecule has 1 heterocycles. The topological polar surface area (TPSA) is 79.2 Å². The highest BCUT2D eigenvalue weighted by Crippen LogP contribution is 2.39. The highest BCUT2D eigenvalue weighted by molar-refractivity contribution is 6.31. The normalized spacial score (nSPS) is 22.6. The second kappa shape index (κ2) is 8.99. The molecule has 3 N–H and O–H groups in total. The van der Waals surface area contributed by atoms with E-state index in [0.29, 0.717) is 35.6 Å². The van der Waals surface area contributed by atoms with Gasteiger partial charge in [0.2, 0.25) is 0 Å². The molecule has 0 aliphatic carbocycles. The monoisotopic (exact) mass is 396 g/mol. The first-order chi connectivity index (χ1) is 13.0. The zero-order chi connectivity index (χ0) is 19.4. The SMILES string of the molecule is OCOc1cc(Cl)c(Cc2ccc(F)cc2)cc1C1CC(O)CC(CO)O1. The molecular formula is C20H22ClFO5. The van der Waals surface area contributed by atoms with Crippen LogP contribution in [0.3, 0.4) is 0 Å². The van der Waals surface area contributed by atoms with Gasteiger partial charge in [-0.1, -0.05) is 23.7 Å². The smallest absolute Gasteiger partial charge is 0.186 e. The third-order valence-electron chi connectivity index (χ3n) is 4.64. The van der Waals surface area contributed by atoms with Gasteiger partial charge in [-0.3, -0.25) is 0 Å². The fourth-order valence-electron chi connectivity index (χ4n) is 3.33. The maximum Gasteiger partial charge on any atom is 0.186 e. The van der Waals surface area contributed by atoms with Crippen LogP contribution in [0.4, 0.5) is 4.39 Å². The molecule has 3 unspecified atom stereocenters. The molecule has 0 saturated carbocycles. The molecule has 0 bridgehead atoms. The summed E-state index contributed by atoms with van der Waals surface area (Å²) in [4.78, 5) is 0. The van der Waals surface area contributed by atoms with Gasteiger partial charge in [-0.25, -0.2) is 4.39 Å². The van der Waals surface area contributed by atoms with Crippen LogP contribution in [-0.4, -0.2) is 40.9 Å². The van der Waals surface area contributed by atoms with Gasteiger partial charge in [0.05, 0.1) is 24.9 Å². The number of aliphatic hydroxyl groups is 3. The van der Waals surface area contributed by atoms with Crippen LogP contribution in [0.2, 0.25) is 5.02 Å². The van der Waals surface area contributed by atoms with Gasteiger partial charge in [-0.15, -0.1) is 0 Å². The van der Waals surface area contributed by atoms with E-state index < -0.39 is 25.1 Å². The number of rotatable bonds is 6. The van der Waals surface area contributed by atoms with Gasteiger partial charge in [0.25, 0.3) is 0 Å². The molecule has 0 aromatic heterocycles. The summed E-state index contributed by atoms with van der Waals surface area (Å²) in [7, 11) is 0. The number of benzene rings is 2. The molecular weight excluding hydrogens is 375 g/mol. The van der Waals surface area contributed by atoms with Gasteiger partial charge in [-0.05, 0) is 41.8 Å². The Morgan fingerprint density at radius 3 is 2.56 bits per heavy atom. The van der Waals surface area contributed by atoms with E-state index >= 15 is 0 Å². The van der Waals surface area contributed by atoms with E-state index in [-0.39, 0.29) is 12.4 Å². The lowest BCUT2D eigenvalue weighted by Crippen LogP contribution is -2.33. The van der Waals surface area contributed by atoms with E-state index in [0.717, 1.165) is 11.1 Å². The highest BCUT2D eigenvalue weighted by Gasteiger charge is 2.31. The van der Waals surface area contributed by atoms with Crippen LogP contribution in [0.1, 0.15) is 35.6 Å². The minimum Gasteiger partial charge on any atom is -0.467 e. The summed E-state index contributed by atoms with van der Waals surface area (Å²) in [5.74, 6) is 0.0537. The third kappa shape index (κ3) is 4.97. The van der Waals surface area contributed by atoms with Crippen molar-refractivity contribution < 1.29 is 29.2 Å². The van der Waals surface area contributed by atoms with Gasteiger partial charge in [0.1, 0.15) is 11.6 Å². The summed E-state index contributed by atoms with van der Waals surface area (Å²) in [6, 6.07) is 9.57. The number of hydrogen-bond donors (Lipinski definition) is 3. The van der Waals surface area contributed by atoms with Crippen molar-refractivity contribution in [3.63, 3.8) is 0 Å². The Hall–Kier alpha value is -1.70. The number of halogens is 2. The molecule has 3 atom stereocenters. The first kappa shape index (κ1) is 20.0. The van der Waals surface area contributed by atoms with Crippen molar-refractivity contribution in [3.8, 4) is 5.75 Å². The Morgan fingerprint density at radius 2 is 1.89 bits per heavy atom. The average Bonchev–Trinajstić information content (AvgIpc) is 2.65. The molecule has 0 spiro atoms. The van der Waals surface area contributed by atoms with Crippen molar-refractivity contribution >= 4 is 11.6 Å². The molecule has 1 aliphatic heterocycles. The van der Waals surface area contributed by atoms with Gasteiger partial charge in [-0.2, -0.15) is 0 Å². The molecule has 146 valence electrons. The molecule has 2 aromatic rings. The van der Waals surface area contributed by atoms with Crippen molar-refractivity contribution in [2.24, 2.45) is 0 Å². The zero-order valence-corrected chi connectivity index (χ0v) is 15.4. The summed E-state index contributed by atoms with van der Waals surface area (Å²) in [6.07, 6.45) is -0.410. The summed E-state index contributed by atoms with van der Waals surface area (Å²) >= 11 is 6.38. The van der Waals surface area contributed by atoms with E-state index in [2.05, 4.69) is 0 Å². The Bertz CT molecular complexity index is 768. The lowest BCUT2D eigenvalue weighted by molar-refractivity contribution is -0.114. The minimum atomic E-state index is -0.612. The quantitative estimate of drug-likeness (QED) is 0.654. The fourth-order valence-corrected chi connectivity index (χ4v) is 3.55. The molecule has 5 nitrogen and oxygen atoms in total. The van der Waals surface area contributed by atoms with E-state index in [4.69, 9.17) is 21.1 Å². The maximum absolute atomic E-state index is 13.1. The average molecular weight is 397 g/mol. The van der Waals surface area contributed by atoms with Crippen LogP contribution in [0.15, 0.2) is 36.4 Å². The molecule has 1 fully saturated rings. The van der Waals surface area contributed by atoms with Crippen molar-refractivity contribution in [3.05, 3.63) is 63.9 Å². The molecule has 1 aliphatic rings. The van der Waals surface area contributed by atoms with Crippen LogP contribution in [0, 0.1) is 5.82 Å². The summed E-state index contributed by atoms with van der Waals surface area (Å²) in [6.45, 7) is -0.723. The number of ether oxygens (including phenoxy) is 2. The minimum absolute atomic E-state index is 0.195. The van der Waals surface area contributed by atoms with Crippen molar-refractivity contribution in [2.45, 2.75) is 37.6 Å².